The first kappa shape index (κ1) is 15.4. The summed E-state index contributed by atoms with van der Waals surface area (Å²) in [6.45, 7) is 6.01. The van der Waals surface area contributed by atoms with Gasteiger partial charge in [0.2, 0.25) is 0 Å². The zero-order chi connectivity index (χ0) is 16.6. The summed E-state index contributed by atoms with van der Waals surface area (Å²) in [5.41, 5.74) is 4.42. The molecule has 1 aromatic carbocycles. The minimum Gasteiger partial charge on any atom is -0.261 e. The van der Waals surface area contributed by atoms with Gasteiger partial charge in [0, 0.05) is 17.3 Å². The molecule has 0 fully saturated rings. The normalized spacial score (nSPS) is 16.7. The molecule has 1 aliphatic rings. The second-order valence-corrected chi connectivity index (χ2v) is 7.01. The van der Waals surface area contributed by atoms with Crippen molar-refractivity contribution in [3.63, 3.8) is 0 Å². The Labute approximate surface area is 136 Å². The van der Waals surface area contributed by atoms with Gasteiger partial charge in [-0.1, -0.05) is 45.1 Å². The van der Waals surface area contributed by atoms with E-state index in [9.17, 15) is 4.39 Å². The van der Waals surface area contributed by atoms with Gasteiger partial charge < -0.3 is 0 Å². The first-order chi connectivity index (χ1) is 10.9. The lowest BCUT2D eigenvalue weighted by atomic mass is 9.81. The van der Waals surface area contributed by atoms with Gasteiger partial charge in [0.15, 0.2) is 0 Å². The van der Waals surface area contributed by atoms with E-state index < -0.39 is 0 Å². The van der Waals surface area contributed by atoms with E-state index in [0.717, 1.165) is 28.7 Å². The summed E-state index contributed by atoms with van der Waals surface area (Å²) in [6, 6.07) is 8.38. The van der Waals surface area contributed by atoms with Crippen LogP contribution in [0.3, 0.4) is 0 Å². The third-order valence-electron chi connectivity index (χ3n) is 4.22. The van der Waals surface area contributed by atoms with Crippen LogP contribution in [-0.2, 0) is 11.8 Å². The zero-order valence-corrected chi connectivity index (χ0v) is 13.6. The summed E-state index contributed by atoms with van der Waals surface area (Å²) < 4.78 is 14.4. The summed E-state index contributed by atoms with van der Waals surface area (Å²) >= 11 is 0. The topological polar surface area (TPSA) is 36.7 Å². The van der Waals surface area contributed by atoms with E-state index in [2.05, 4.69) is 17.1 Å². The standard InChI is InChI=1S/C20H19FN2/c1-20(2,3)19-17(11-23-12-18(19)21)16-7-6-14-8-13(10-22)4-5-15(14)9-16/h4-7,9,11-13H,8H2,1-3H3. The number of nitriles is 1. The Bertz CT molecular complexity index is 823. The first-order valence-corrected chi connectivity index (χ1v) is 7.75. The minimum atomic E-state index is -0.306. The van der Waals surface area contributed by atoms with Crippen LogP contribution in [0.4, 0.5) is 4.39 Å². The number of aromatic nitrogens is 1. The Morgan fingerprint density at radius 1 is 1.26 bits per heavy atom. The monoisotopic (exact) mass is 306 g/mol. The molecular formula is C20H19FN2. The fourth-order valence-electron chi connectivity index (χ4n) is 3.13. The van der Waals surface area contributed by atoms with Crippen molar-refractivity contribution in [2.24, 2.45) is 5.92 Å². The lowest BCUT2D eigenvalue weighted by molar-refractivity contribution is 0.521. The molecule has 2 aromatic rings. The molecule has 0 amide bonds. The van der Waals surface area contributed by atoms with E-state index in [0.29, 0.717) is 5.56 Å². The number of rotatable bonds is 1. The van der Waals surface area contributed by atoms with Crippen molar-refractivity contribution in [3.05, 3.63) is 59.2 Å². The van der Waals surface area contributed by atoms with Crippen LogP contribution in [0.5, 0.6) is 0 Å². The number of hydrogen-bond donors (Lipinski definition) is 0. The van der Waals surface area contributed by atoms with Crippen LogP contribution in [0, 0.1) is 23.1 Å². The molecule has 1 heterocycles. The highest BCUT2D eigenvalue weighted by Crippen LogP contribution is 2.36. The Kier molecular flexibility index (Phi) is 3.77. The molecule has 2 nitrogen and oxygen atoms in total. The molecular weight excluding hydrogens is 287 g/mol. The second-order valence-electron chi connectivity index (χ2n) is 7.01. The molecule has 0 aliphatic heterocycles. The maximum absolute atomic E-state index is 14.4. The van der Waals surface area contributed by atoms with E-state index >= 15 is 0 Å². The smallest absolute Gasteiger partial charge is 0.145 e. The van der Waals surface area contributed by atoms with Gasteiger partial charge in [-0.05, 0) is 34.6 Å². The Morgan fingerprint density at radius 2 is 2.04 bits per heavy atom. The highest BCUT2D eigenvalue weighted by atomic mass is 19.1. The van der Waals surface area contributed by atoms with Crippen LogP contribution in [0.25, 0.3) is 17.2 Å². The largest absolute Gasteiger partial charge is 0.261 e. The van der Waals surface area contributed by atoms with Crippen molar-refractivity contribution in [3.8, 4) is 17.2 Å². The predicted octanol–water partition coefficient (Wildman–Crippen LogP) is 4.89. The van der Waals surface area contributed by atoms with Gasteiger partial charge in [0.1, 0.15) is 5.82 Å². The number of hydrogen-bond acceptors (Lipinski definition) is 2. The predicted molar refractivity (Wildman–Crippen MR) is 90.2 cm³/mol. The van der Waals surface area contributed by atoms with E-state index in [1.54, 1.807) is 6.20 Å². The maximum atomic E-state index is 14.4. The molecule has 3 heteroatoms. The van der Waals surface area contributed by atoms with Crippen LogP contribution < -0.4 is 0 Å². The van der Waals surface area contributed by atoms with E-state index in [1.165, 1.54) is 6.20 Å². The highest BCUT2D eigenvalue weighted by Gasteiger charge is 2.24. The van der Waals surface area contributed by atoms with E-state index in [4.69, 9.17) is 5.26 Å². The molecule has 1 unspecified atom stereocenters. The third kappa shape index (κ3) is 2.90. The van der Waals surface area contributed by atoms with Crippen molar-refractivity contribution < 1.29 is 4.39 Å². The van der Waals surface area contributed by atoms with Crippen LogP contribution in [0.15, 0.2) is 36.7 Å². The van der Waals surface area contributed by atoms with Gasteiger partial charge in [-0.2, -0.15) is 5.26 Å². The SMILES string of the molecule is CC(C)(C)c1c(F)cncc1-c1ccc2c(c1)C=CC(C#N)C2. The second kappa shape index (κ2) is 5.62. The van der Waals surface area contributed by atoms with E-state index in [-0.39, 0.29) is 17.2 Å². The molecule has 1 atom stereocenters. The van der Waals surface area contributed by atoms with Crippen molar-refractivity contribution in [1.29, 1.82) is 5.26 Å². The number of fused-ring (bicyclic) bond motifs is 1. The molecule has 116 valence electrons. The Balaban J connectivity index is 2.12. The summed E-state index contributed by atoms with van der Waals surface area (Å²) in [7, 11) is 0. The lowest BCUT2D eigenvalue weighted by Gasteiger charge is -2.24. The molecule has 0 saturated heterocycles. The average Bonchev–Trinajstić information content (AvgIpc) is 2.52. The molecule has 0 bridgehead atoms. The van der Waals surface area contributed by atoms with Crippen molar-refractivity contribution in [1.82, 2.24) is 4.98 Å². The molecule has 0 spiro atoms. The number of benzene rings is 1. The van der Waals surface area contributed by atoms with Crippen molar-refractivity contribution in [2.75, 3.05) is 0 Å². The molecule has 1 aromatic heterocycles. The van der Waals surface area contributed by atoms with Gasteiger partial charge in [-0.15, -0.1) is 0 Å². The quantitative estimate of drug-likeness (QED) is 0.751. The zero-order valence-electron chi connectivity index (χ0n) is 13.6. The van der Waals surface area contributed by atoms with Crippen LogP contribution in [0.1, 0.15) is 37.5 Å². The molecule has 1 aliphatic carbocycles. The molecule has 0 radical (unpaired) electrons. The number of allylic oxidation sites excluding steroid dienone is 1. The van der Waals surface area contributed by atoms with Gasteiger partial charge in [0.25, 0.3) is 0 Å². The van der Waals surface area contributed by atoms with Crippen LogP contribution in [0.2, 0.25) is 0 Å². The minimum absolute atomic E-state index is 0.0608. The first-order valence-electron chi connectivity index (χ1n) is 7.75. The van der Waals surface area contributed by atoms with Crippen LogP contribution >= 0.6 is 0 Å². The Hall–Kier alpha value is -2.47. The van der Waals surface area contributed by atoms with Gasteiger partial charge in [-0.25, -0.2) is 4.39 Å². The number of pyridine rings is 1. The highest BCUT2D eigenvalue weighted by molar-refractivity contribution is 5.73. The summed E-state index contributed by atoms with van der Waals surface area (Å²) in [4.78, 5) is 4.04. The molecule has 3 rings (SSSR count). The van der Waals surface area contributed by atoms with E-state index in [1.807, 2.05) is 45.1 Å². The summed E-state index contributed by atoms with van der Waals surface area (Å²) in [5.74, 6) is -0.331. The Morgan fingerprint density at radius 3 is 2.74 bits per heavy atom. The van der Waals surface area contributed by atoms with Gasteiger partial charge in [-0.3, -0.25) is 4.98 Å². The fraction of sp³-hybridized carbons (Fsp3) is 0.300. The van der Waals surface area contributed by atoms with Crippen LogP contribution in [-0.4, -0.2) is 4.98 Å². The van der Waals surface area contributed by atoms with Crippen molar-refractivity contribution in [2.45, 2.75) is 32.6 Å². The lowest BCUT2D eigenvalue weighted by Crippen LogP contribution is -2.16. The maximum Gasteiger partial charge on any atom is 0.145 e. The summed E-state index contributed by atoms with van der Waals surface area (Å²) in [6.07, 6.45) is 7.66. The third-order valence-corrected chi connectivity index (χ3v) is 4.22. The number of nitrogens with zero attached hydrogens (tertiary/aromatic N) is 2. The molecule has 0 N–H and O–H groups in total. The average molecular weight is 306 g/mol. The fourth-order valence-corrected chi connectivity index (χ4v) is 3.13. The summed E-state index contributed by atoms with van der Waals surface area (Å²) in [5, 5.41) is 9.05. The molecule has 23 heavy (non-hydrogen) atoms. The van der Waals surface area contributed by atoms with Gasteiger partial charge in [0.05, 0.1) is 18.2 Å². The number of halogens is 1. The van der Waals surface area contributed by atoms with Gasteiger partial charge >= 0.3 is 0 Å². The van der Waals surface area contributed by atoms with Crippen molar-refractivity contribution >= 4 is 6.08 Å². The molecule has 0 saturated carbocycles.